The molecule has 4 aromatic carbocycles. The Morgan fingerprint density at radius 3 is 1.65 bits per heavy atom. The molecule has 0 bridgehead atoms. The van der Waals surface area contributed by atoms with Crippen LogP contribution in [0, 0.1) is 5.92 Å². The molecule has 1 amide bonds. The van der Waals surface area contributed by atoms with E-state index in [1.54, 1.807) is 30.1 Å². The molecule has 1 atom stereocenters. The fourth-order valence-corrected chi connectivity index (χ4v) is 5.32. The first kappa shape index (κ1) is 28.8. The van der Waals surface area contributed by atoms with E-state index in [9.17, 15) is 14.7 Å². The lowest BCUT2D eigenvalue weighted by Crippen LogP contribution is -2.45. The predicted molar refractivity (Wildman–Crippen MR) is 161 cm³/mol. The number of carboxylic acid groups (broad SMARTS) is 1. The lowest BCUT2D eigenvalue weighted by molar-refractivity contribution is 0.0680. The van der Waals surface area contributed by atoms with Crippen LogP contribution in [-0.2, 0) is 5.54 Å². The molecule has 0 fully saturated rings. The molecule has 5 heteroatoms. The number of hydrogen-bond acceptors (Lipinski definition) is 3. The second-order valence-corrected chi connectivity index (χ2v) is 10.4. The summed E-state index contributed by atoms with van der Waals surface area (Å²) in [5.74, 6) is -0.938. The van der Waals surface area contributed by atoms with Gasteiger partial charge in [-0.05, 0) is 60.5 Å². The normalized spacial score (nSPS) is 12.1. The molecular weight excluding hydrogens is 496 g/mol. The third-order valence-electron chi connectivity index (χ3n) is 7.58. The Kier molecular flexibility index (Phi) is 9.87. The molecule has 0 aliphatic carbocycles. The van der Waals surface area contributed by atoms with Crippen LogP contribution in [0.5, 0.6) is 0 Å². The van der Waals surface area contributed by atoms with Gasteiger partial charge in [0.1, 0.15) is 0 Å². The molecule has 0 saturated heterocycles. The lowest BCUT2D eigenvalue weighted by Gasteiger charge is -2.37. The predicted octanol–water partition coefficient (Wildman–Crippen LogP) is 6.84. The summed E-state index contributed by atoms with van der Waals surface area (Å²) in [6.07, 6.45) is 2.84. The van der Waals surface area contributed by atoms with Gasteiger partial charge < -0.3 is 10.0 Å². The molecule has 0 aromatic heterocycles. The number of carbonyl (C=O) groups excluding carboxylic acids is 1. The summed E-state index contributed by atoms with van der Waals surface area (Å²) in [4.78, 5) is 26.1. The maximum Gasteiger partial charge on any atom is 0.336 e. The smallest absolute Gasteiger partial charge is 0.336 e. The zero-order valence-electron chi connectivity index (χ0n) is 23.3. The highest BCUT2D eigenvalue weighted by Crippen LogP contribution is 2.36. The molecule has 0 saturated carbocycles. The van der Waals surface area contributed by atoms with Crippen LogP contribution in [0.2, 0.25) is 0 Å². The van der Waals surface area contributed by atoms with E-state index in [0.29, 0.717) is 12.5 Å². The van der Waals surface area contributed by atoms with Gasteiger partial charge in [-0.25, -0.2) is 4.79 Å². The number of amides is 1. The first-order valence-corrected chi connectivity index (χ1v) is 13.9. The number of nitrogens with zero attached hydrogens (tertiary/aromatic N) is 1. The molecule has 206 valence electrons. The third-order valence-corrected chi connectivity index (χ3v) is 7.58. The average molecular weight is 535 g/mol. The molecule has 0 aliphatic rings. The van der Waals surface area contributed by atoms with Crippen LogP contribution < -0.4 is 5.32 Å². The van der Waals surface area contributed by atoms with Crippen molar-refractivity contribution in [3.8, 4) is 0 Å². The zero-order chi connectivity index (χ0) is 28.4. The van der Waals surface area contributed by atoms with E-state index >= 15 is 0 Å². The van der Waals surface area contributed by atoms with Crippen LogP contribution in [-0.4, -0.2) is 42.0 Å². The van der Waals surface area contributed by atoms with Crippen molar-refractivity contribution in [1.29, 1.82) is 0 Å². The number of carboxylic acids is 1. The molecule has 40 heavy (non-hydrogen) atoms. The molecule has 0 radical (unpaired) electrons. The van der Waals surface area contributed by atoms with Crippen LogP contribution in [0.15, 0.2) is 115 Å². The van der Waals surface area contributed by atoms with Crippen LogP contribution in [0.3, 0.4) is 0 Å². The minimum absolute atomic E-state index is 0.0391. The number of aromatic carboxylic acids is 1. The minimum Gasteiger partial charge on any atom is -0.478 e. The molecule has 1 unspecified atom stereocenters. The van der Waals surface area contributed by atoms with Crippen molar-refractivity contribution in [2.45, 2.75) is 31.7 Å². The first-order valence-electron chi connectivity index (χ1n) is 13.9. The number of nitrogens with one attached hydrogen (secondary N) is 1. The zero-order valence-corrected chi connectivity index (χ0v) is 23.3. The molecule has 0 heterocycles. The maximum atomic E-state index is 12.9. The van der Waals surface area contributed by atoms with Gasteiger partial charge in [0, 0.05) is 13.6 Å². The van der Waals surface area contributed by atoms with Gasteiger partial charge in [-0.2, -0.15) is 0 Å². The van der Waals surface area contributed by atoms with Crippen molar-refractivity contribution >= 4 is 11.9 Å². The quantitative estimate of drug-likeness (QED) is 0.145. The van der Waals surface area contributed by atoms with Gasteiger partial charge in [0.2, 0.25) is 0 Å². The Morgan fingerprint density at radius 1 is 0.725 bits per heavy atom. The number of benzene rings is 4. The highest BCUT2D eigenvalue weighted by Gasteiger charge is 2.35. The second-order valence-electron chi connectivity index (χ2n) is 10.4. The van der Waals surface area contributed by atoms with E-state index in [4.69, 9.17) is 0 Å². The maximum absolute atomic E-state index is 12.9. The van der Waals surface area contributed by atoms with Gasteiger partial charge in [0.25, 0.3) is 5.91 Å². The van der Waals surface area contributed by atoms with Gasteiger partial charge in [-0.3, -0.25) is 10.1 Å². The molecule has 2 N–H and O–H groups in total. The fraction of sp³-hybridized carbons (Fsp3) is 0.257. The van der Waals surface area contributed by atoms with Crippen molar-refractivity contribution < 1.29 is 14.7 Å². The largest absolute Gasteiger partial charge is 0.478 e. The Hall–Kier alpha value is -4.22. The number of hydrogen-bond donors (Lipinski definition) is 2. The minimum atomic E-state index is -1.09. The second kappa shape index (κ2) is 13.7. The Morgan fingerprint density at radius 2 is 1.18 bits per heavy atom. The van der Waals surface area contributed by atoms with E-state index in [0.717, 1.165) is 25.8 Å². The monoisotopic (exact) mass is 534 g/mol. The summed E-state index contributed by atoms with van der Waals surface area (Å²) in [5, 5.41) is 13.4. The Labute approximate surface area is 237 Å². The fourth-order valence-electron chi connectivity index (χ4n) is 5.32. The van der Waals surface area contributed by atoms with Crippen molar-refractivity contribution in [1.82, 2.24) is 10.2 Å². The standard InChI is InChI=1S/C35H38N2O3/c1-27(24-26-37(2)33(38)31-22-12-13-23-32(31)34(39)40)15-14-25-36-35(28-16-6-3-7-17-28,29-18-8-4-9-19-29)30-20-10-5-11-21-30/h3-13,16-23,27,36H,14-15,24-26H2,1-2H3,(H,39,40). The van der Waals surface area contributed by atoms with E-state index in [2.05, 4.69) is 85.0 Å². The van der Waals surface area contributed by atoms with Crippen molar-refractivity contribution in [3.05, 3.63) is 143 Å². The number of carbonyl (C=O) groups is 2. The third kappa shape index (κ3) is 6.67. The first-order chi connectivity index (χ1) is 19.4. The van der Waals surface area contributed by atoms with E-state index in [1.165, 1.54) is 22.8 Å². The van der Waals surface area contributed by atoms with E-state index < -0.39 is 11.5 Å². The highest BCUT2D eigenvalue weighted by atomic mass is 16.4. The van der Waals surface area contributed by atoms with Gasteiger partial charge in [-0.1, -0.05) is 110 Å². The van der Waals surface area contributed by atoms with Gasteiger partial charge >= 0.3 is 5.97 Å². The van der Waals surface area contributed by atoms with Crippen molar-refractivity contribution in [2.75, 3.05) is 20.1 Å². The molecular formula is C35H38N2O3. The summed E-state index contributed by atoms with van der Waals surface area (Å²) in [6.45, 7) is 3.61. The summed E-state index contributed by atoms with van der Waals surface area (Å²) in [7, 11) is 1.74. The molecule has 0 spiro atoms. The summed E-state index contributed by atoms with van der Waals surface area (Å²) < 4.78 is 0. The molecule has 5 nitrogen and oxygen atoms in total. The summed E-state index contributed by atoms with van der Waals surface area (Å²) >= 11 is 0. The Bertz CT molecular complexity index is 1280. The van der Waals surface area contributed by atoms with Gasteiger partial charge in [-0.15, -0.1) is 0 Å². The van der Waals surface area contributed by atoms with E-state index in [1.807, 2.05) is 18.2 Å². The van der Waals surface area contributed by atoms with Crippen LogP contribution in [0.25, 0.3) is 0 Å². The molecule has 4 aromatic rings. The summed E-state index contributed by atoms with van der Waals surface area (Å²) in [6, 6.07) is 38.2. The topological polar surface area (TPSA) is 69.6 Å². The number of rotatable bonds is 13. The Balaban J connectivity index is 1.40. The van der Waals surface area contributed by atoms with Gasteiger partial charge in [0.15, 0.2) is 0 Å². The van der Waals surface area contributed by atoms with Crippen LogP contribution >= 0.6 is 0 Å². The summed E-state index contributed by atoms with van der Waals surface area (Å²) in [5.41, 5.74) is 3.38. The van der Waals surface area contributed by atoms with Crippen molar-refractivity contribution in [3.63, 3.8) is 0 Å². The van der Waals surface area contributed by atoms with Crippen LogP contribution in [0.4, 0.5) is 0 Å². The SMILES string of the molecule is CC(CCCNC(c1ccccc1)(c1ccccc1)c1ccccc1)CCN(C)C(=O)c1ccccc1C(=O)O. The highest BCUT2D eigenvalue weighted by molar-refractivity contribution is 6.04. The van der Waals surface area contributed by atoms with Crippen LogP contribution in [0.1, 0.15) is 63.6 Å². The molecule has 4 rings (SSSR count). The van der Waals surface area contributed by atoms with E-state index in [-0.39, 0.29) is 17.0 Å². The molecule has 0 aliphatic heterocycles. The average Bonchev–Trinajstić information content (AvgIpc) is 3.01. The van der Waals surface area contributed by atoms with Crippen molar-refractivity contribution in [2.24, 2.45) is 5.92 Å². The lowest BCUT2D eigenvalue weighted by atomic mass is 9.77. The van der Waals surface area contributed by atoms with Gasteiger partial charge in [0.05, 0.1) is 16.7 Å².